The van der Waals surface area contributed by atoms with Gasteiger partial charge in [0.25, 0.3) is 0 Å². The van der Waals surface area contributed by atoms with Crippen molar-refractivity contribution in [2.24, 2.45) is 11.8 Å². The molecule has 1 saturated heterocycles. The highest BCUT2D eigenvalue weighted by atomic mass is 15.3. The van der Waals surface area contributed by atoms with E-state index in [0.29, 0.717) is 6.04 Å². The number of aryl methyl sites for hydroxylation is 1. The first-order valence-electron chi connectivity index (χ1n) is 9.23. The summed E-state index contributed by atoms with van der Waals surface area (Å²) >= 11 is 0. The van der Waals surface area contributed by atoms with Crippen LogP contribution >= 0.6 is 0 Å². The van der Waals surface area contributed by atoms with Gasteiger partial charge in [-0.1, -0.05) is 36.4 Å². The average Bonchev–Trinajstić information content (AvgIpc) is 3.35. The van der Waals surface area contributed by atoms with Crippen molar-refractivity contribution in [3.05, 3.63) is 58.7 Å². The summed E-state index contributed by atoms with van der Waals surface area (Å²) in [6.07, 6.45) is 9.10. The summed E-state index contributed by atoms with van der Waals surface area (Å²) in [4.78, 5) is 5.20. The molecule has 1 aliphatic heterocycles. The number of rotatable bonds is 1. The quantitative estimate of drug-likeness (QED) is 0.784. The standard InChI is InChI=1S/C21H26N2/c1-22-8-10-23(11-9-22)21-19-5-3-2-4-15(19)6-7-16-12-17-13-18(17)14-20(16)21/h2-5,12,14,17-18,21H,6-11,13H2,1H3. The number of allylic oxidation sites excluding steroid dienone is 2. The molecule has 1 aromatic carbocycles. The summed E-state index contributed by atoms with van der Waals surface area (Å²) in [6.45, 7) is 4.76. The van der Waals surface area contributed by atoms with E-state index in [4.69, 9.17) is 0 Å². The Bertz CT molecular complexity index is 679. The van der Waals surface area contributed by atoms with Crippen molar-refractivity contribution in [1.82, 2.24) is 9.80 Å². The fourth-order valence-electron chi connectivity index (χ4n) is 4.74. The molecule has 2 fully saturated rings. The van der Waals surface area contributed by atoms with Crippen molar-refractivity contribution in [3.8, 4) is 0 Å². The SMILES string of the molecule is CN1CCN(C2C3=CC4CC4C=C3CCc3ccccc32)CC1. The molecule has 1 aromatic rings. The van der Waals surface area contributed by atoms with Gasteiger partial charge >= 0.3 is 0 Å². The molecule has 3 unspecified atom stereocenters. The summed E-state index contributed by atoms with van der Waals surface area (Å²) in [5.74, 6) is 1.71. The van der Waals surface area contributed by atoms with Crippen LogP contribution in [0.2, 0.25) is 0 Å². The molecule has 4 aliphatic rings. The van der Waals surface area contributed by atoms with Crippen LogP contribution < -0.4 is 0 Å². The number of fused-ring (bicyclic) bond motifs is 3. The van der Waals surface area contributed by atoms with Crippen LogP contribution in [0.15, 0.2) is 47.6 Å². The number of nitrogens with zero attached hydrogens (tertiary/aromatic N) is 2. The van der Waals surface area contributed by atoms with Crippen LogP contribution in [0.5, 0.6) is 0 Å². The maximum Gasteiger partial charge on any atom is 0.0604 e. The Hall–Kier alpha value is -1.38. The average molecular weight is 306 g/mol. The molecule has 0 bridgehead atoms. The zero-order chi connectivity index (χ0) is 15.4. The van der Waals surface area contributed by atoms with E-state index in [1.165, 1.54) is 45.4 Å². The highest BCUT2D eigenvalue weighted by molar-refractivity contribution is 5.50. The van der Waals surface area contributed by atoms with Gasteiger partial charge in [-0.25, -0.2) is 0 Å². The van der Waals surface area contributed by atoms with E-state index < -0.39 is 0 Å². The van der Waals surface area contributed by atoms with E-state index in [2.05, 4.69) is 53.3 Å². The molecule has 0 N–H and O–H groups in total. The Labute approximate surface area is 139 Å². The van der Waals surface area contributed by atoms with E-state index in [-0.39, 0.29) is 0 Å². The van der Waals surface area contributed by atoms with Crippen LogP contribution in [0.1, 0.15) is 30.0 Å². The Balaban J connectivity index is 1.59. The lowest BCUT2D eigenvalue weighted by atomic mass is 9.87. The molecule has 120 valence electrons. The zero-order valence-electron chi connectivity index (χ0n) is 14.0. The normalized spacial score (nSPS) is 33.7. The van der Waals surface area contributed by atoms with Crippen LogP contribution in [0.3, 0.4) is 0 Å². The van der Waals surface area contributed by atoms with Gasteiger partial charge in [0, 0.05) is 26.2 Å². The third-order valence-corrected chi connectivity index (χ3v) is 6.28. The minimum atomic E-state index is 0.496. The topological polar surface area (TPSA) is 6.48 Å². The molecule has 2 heteroatoms. The molecule has 0 spiro atoms. The lowest BCUT2D eigenvalue weighted by Crippen LogP contribution is -2.46. The van der Waals surface area contributed by atoms with Gasteiger partial charge in [0.15, 0.2) is 0 Å². The molecule has 2 nitrogen and oxygen atoms in total. The van der Waals surface area contributed by atoms with Gasteiger partial charge in [-0.3, -0.25) is 4.90 Å². The number of likely N-dealkylation sites (N-methyl/N-ethyl adjacent to an activating group) is 1. The maximum absolute atomic E-state index is 2.74. The minimum Gasteiger partial charge on any atom is -0.304 e. The van der Waals surface area contributed by atoms with Gasteiger partial charge in [0.05, 0.1) is 6.04 Å². The number of benzene rings is 1. The first kappa shape index (κ1) is 14.0. The lowest BCUT2D eigenvalue weighted by molar-refractivity contribution is 0.126. The maximum atomic E-state index is 2.74. The molecule has 0 radical (unpaired) electrons. The first-order chi connectivity index (χ1) is 11.3. The van der Waals surface area contributed by atoms with Crippen LogP contribution in [-0.4, -0.2) is 43.0 Å². The highest BCUT2D eigenvalue weighted by Crippen LogP contribution is 2.51. The third kappa shape index (κ3) is 2.40. The van der Waals surface area contributed by atoms with Crippen molar-refractivity contribution < 1.29 is 0 Å². The van der Waals surface area contributed by atoms with Crippen molar-refractivity contribution >= 4 is 0 Å². The van der Waals surface area contributed by atoms with Gasteiger partial charge in [0.1, 0.15) is 0 Å². The van der Waals surface area contributed by atoms with E-state index in [1.807, 2.05) is 0 Å². The van der Waals surface area contributed by atoms with E-state index >= 15 is 0 Å². The second-order valence-electron chi connectivity index (χ2n) is 7.82. The van der Waals surface area contributed by atoms with Crippen LogP contribution in [-0.2, 0) is 6.42 Å². The second kappa shape index (κ2) is 5.32. The fraction of sp³-hybridized carbons (Fsp3) is 0.524. The lowest BCUT2D eigenvalue weighted by Gasteiger charge is -2.40. The number of piperazine rings is 1. The zero-order valence-corrected chi connectivity index (χ0v) is 14.0. The molecule has 1 heterocycles. The van der Waals surface area contributed by atoms with Crippen LogP contribution in [0.25, 0.3) is 0 Å². The summed E-state index contributed by atoms with van der Waals surface area (Å²) < 4.78 is 0. The van der Waals surface area contributed by atoms with E-state index in [1.54, 1.807) is 22.3 Å². The van der Waals surface area contributed by atoms with E-state index in [0.717, 1.165) is 11.8 Å². The minimum absolute atomic E-state index is 0.496. The second-order valence-corrected chi connectivity index (χ2v) is 7.82. The van der Waals surface area contributed by atoms with Gasteiger partial charge in [-0.05, 0) is 60.4 Å². The summed E-state index contributed by atoms with van der Waals surface area (Å²) in [5.41, 5.74) is 6.45. The smallest absolute Gasteiger partial charge is 0.0604 e. The van der Waals surface area contributed by atoms with Crippen molar-refractivity contribution in [2.45, 2.75) is 25.3 Å². The van der Waals surface area contributed by atoms with Gasteiger partial charge < -0.3 is 4.90 Å². The van der Waals surface area contributed by atoms with E-state index in [9.17, 15) is 0 Å². The molecule has 5 rings (SSSR count). The summed E-state index contributed by atoms with van der Waals surface area (Å²) in [6, 6.07) is 9.70. The van der Waals surface area contributed by atoms with Crippen LogP contribution in [0.4, 0.5) is 0 Å². The first-order valence-corrected chi connectivity index (χ1v) is 9.23. The molecule has 3 aliphatic carbocycles. The Morgan fingerprint density at radius 2 is 1.70 bits per heavy atom. The molecular weight excluding hydrogens is 280 g/mol. The Morgan fingerprint density at radius 1 is 0.913 bits per heavy atom. The molecule has 1 saturated carbocycles. The third-order valence-electron chi connectivity index (χ3n) is 6.28. The Morgan fingerprint density at radius 3 is 2.57 bits per heavy atom. The largest absolute Gasteiger partial charge is 0.304 e. The predicted molar refractivity (Wildman–Crippen MR) is 94.3 cm³/mol. The van der Waals surface area contributed by atoms with Crippen molar-refractivity contribution in [3.63, 3.8) is 0 Å². The van der Waals surface area contributed by atoms with Crippen molar-refractivity contribution in [1.29, 1.82) is 0 Å². The van der Waals surface area contributed by atoms with Crippen LogP contribution in [0, 0.1) is 11.8 Å². The molecule has 23 heavy (non-hydrogen) atoms. The summed E-state index contributed by atoms with van der Waals surface area (Å²) in [5, 5.41) is 0. The Kier molecular flexibility index (Phi) is 3.24. The molecule has 3 atom stereocenters. The predicted octanol–water partition coefficient (Wildman–Crippen LogP) is 3.42. The number of hydrogen-bond donors (Lipinski definition) is 0. The summed E-state index contributed by atoms with van der Waals surface area (Å²) in [7, 11) is 2.25. The molecular formula is C21H26N2. The monoisotopic (exact) mass is 306 g/mol. The number of hydrogen-bond acceptors (Lipinski definition) is 2. The van der Waals surface area contributed by atoms with Gasteiger partial charge in [-0.2, -0.15) is 0 Å². The van der Waals surface area contributed by atoms with Gasteiger partial charge in [-0.15, -0.1) is 0 Å². The molecule has 0 amide bonds. The van der Waals surface area contributed by atoms with Crippen molar-refractivity contribution in [2.75, 3.05) is 33.2 Å². The molecule has 0 aromatic heterocycles. The van der Waals surface area contributed by atoms with Gasteiger partial charge in [0.2, 0.25) is 0 Å². The fourth-order valence-corrected chi connectivity index (χ4v) is 4.74. The highest BCUT2D eigenvalue weighted by Gasteiger charge is 2.41.